The summed E-state index contributed by atoms with van der Waals surface area (Å²) in [6, 6.07) is 4.12. The van der Waals surface area contributed by atoms with Crippen LogP contribution in [0.3, 0.4) is 0 Å². The monoisotopic (exact) mass is 284 g/mol. The fourth-order valence-electron chi connectivity index (χ4n) is 1.70. The van der Waals surface area contributed by atoms with Crippen molar-refractivity contribution in [3.63, 3.8) is 0 Å². The summed E-state index contributed by atoms with van der Waals surface area (Å²) in [4.78, 5) is 22.8. The summed E-state index contributed by atoms with van der Waals surface area (Å²) in [6.07, 6.45) is -0.599. The molecule has 0 saturated carbocycles. The number of amides is 1. The van der Waals surface area contributed by atoms with Gasteiger partial charge in [-0.15, -0.1) is 0 Å². The zero-order chi connectivity index (χ0) is 13.8. The molecule has 1 fully saturated rings. The number of anilines is 1. The maximum atomic E-state index is 11.9. The molecule has 1 aliphatic rings. The van der Waals surface area contributed by atoms with Gasteiger partial charge in [0.05, 0.1) is 22.9 Å². The Bertz CT molecular complexity index is 501. The summed E-state index contributed by atoms with van der Waals surface area (Å²) in [5.74, 6) is -1.43. The Balaban J connectivity index is 2.11. The van der Waals surface area contributed by atoms with Gasteiger partial charge in [0.1, 0.15) is 6.10 Å². The number of carboxylic acids is 1. The van der Waals surface area contributed by atoms with E-state index in [4.69, 9.17) is 21.4 Å². The lowest BCUT2D eigenvalue weighted by Crippen LogP contribution is -2.45. The maximum Gasteiger partial charge on any atom is 0.335 e. The molecule has 6 nitrogen and oxygen atoms in total. The van der Waals surface area contributed by atoms with E-state index < -0.39 is 12.1 Å². The highest BCUT2D eigenvalue weighted by Crippen LogP contribution is 2.23. The van der Waals surface area contributed by atoms with Crippen molar-refractivity contribution in [3.05, 3.63) is 28.8 Å². The van der Waals surface area contributed by atoms with Crippen molar-refractivity contribution in [2.24, 2.45) is 0 Å². The molecule has 0 radical (unpaired) electrons. The average Bonchev–Trinajstić information content (AvgIpc) is 2.42. The third-order valence-corrected chi connectivity index (χ3v) is 3.02. The quantitative estimate of drug-likeness (QED) is 0.770. The van der Waals surface area contributed by atoms with E-state index in [1.807, 2.05) is 0 Å². The zero-order valence-corrected chi connectivity index (χ0v) is 10.7. The summed E-state index contributed by atoms with van der Waals surface area (Å²) in [6.45, 7) is 1.59. The molecule has 1 heterocycles. The van der Waals surface area contributed by atoms with E-state index in [0.29, 0.717) is 19.7 Å². The Hall–Kier alpha value is -1.63. The molecule has 1 aromatic carbocycles. The summed E-state index contributed by atoms with van der Waals surface area (Å²) >= 11 is 5.92. The molecule has 2 rings (SSSR count). The fraction of sp³-hybridized carbons (Fsp3) is 0.333. The van der Waals surface area contributed by atoms with Crippen molar-refractivity contribution < 1.29 is 19.4 Å². The highest BCUT2D eigenvalue weighted by atomic mass is 35.5. The molecule has 1 aliphatic heterocycles. The lowest BCUT2D eigenvalue weighted by Gasteiger charge is -2.23. The van der Waals surface area contributed by atoms with Gasteiger partial charge in [-0.25, -0.2) is 4.79 Å². The molecular weight excluding hydrogens is 272 g/mol. The minimum Gasteiger partial charge on any atom is -0.478 e. The smallest absolute Gasteiger partial charge is 0.335 e. The van der Waals surface area contributed by atoms with Gasteiger partial charge in [-0.1, -0.05) is 11.6 Å². The third kappa shape index (κ3) is 3.44. The predicted molar refractivity (Wildman–Crippen MR) is 69.7 cm³/mol. The number of ether oxygens (including phenoxy) is 1. The van der Waals surface area contributed by atoms with Crippen LogP contribution < -0.4 is 10.6 Å². The van der Waals surface area contributed by atoms with Crippen molar-refractivity contribution >= 4 is 29.2 Å². The van der Waals surface area contributed by atoms with Gasteiger partial charge in [-0.2, -0.15) is 0 Å². The van der Waals surface area contributed by atoms with E-state index in [1.165, 1.54) is 18.2 Å². The molecule has 0 aliphatic carbocycles. The molecule has 0 spiro atoms. The number of morpholine rings is 1. The second-order valence-electron chi connectivity index (χ2n) is 4.05. The zero-order valence-electron chi connectivity index (χ0n) is 9.98. The third-order valence-electron chi connectivity index (χ3n) is 2.69. The summed E-state index contributed by atoms with van der Waals surface area (Å²) < 4.78 is 5.30. The van der Waals surface area contributed by atoms with Gasteiger partial charge in [0.25, 0.3) is 5.91 Å². The van der Waals surface area contributed by atoms with Crippen molar-refractivity contribution in [3.8, 4) is 0 Å². The number of carbonyl (C=O) groups excluding carboxylic acids is 1. The fourth-order valence-corrected chi connectivity index (χ4v) is 1.87. The highest BCUT2D eigenvalue weighted by molar-refractivity contribution is 6.33. The molecule has 1 atom stereocenters. The van der Waals surface area contributed by atoms with Crippen molar-refractivity contribution in [1.82, 2.24) is 5.32 Å². The Morgan fingerprint density at radius 2 is 2.26 bits per heavy atom. The summed E-state index contributed by atoms with van der Waals surface area (Å²) in [5, 5.41) is 14.8. The lowest BCUT2D eigenvalue weighted by atomic mass is 10.2. The predicted octanol–water partition coefficient (Wildman–Crippen LogP) is 0.965. The van der Waals surface area contributed by atoms with Crippen molar-refractivity contribution in [1.29, 1.82) is 0 Å². The molecular formula is C12H13ClN2O4. The van der Waals surface area contributed by atoms with Gasteiger partial charge in [0, 0.05) is 13.1 Å². The molecule has 0 bridgehead atoms. The molecule has 102 valence electrons. The van der Waals surface area contributed by atoms with Gasteiger partial charge in [-0.3, -0.25) is 4.79 Å². The van der Waals surface area contributed by atoms with Crippen LogP contribution in [-0.2, 0) is 9.53 Å². The molecule has 1 unspecified atom stereocenters. The van der Waals surface area contributed by atoms with Gasteiger partial charge < -0.3 is 20.5 Å². The Kier molecular flexibility index (Phi) is 4.36. The van der Waals surface area contributed by atoms with E-state index in [-0.39, 0.29) is 22.2 Å². The first-order valence-corrected chi connectivity index (χ1v) is 6.12. The number of carboxylic acid groups (broad SMARTS) is 1. The van der Waals surface area contributed by atoms with E-state index in [1.54, 1.807) is 0 Å². The minimum absolute atomic E-state index is 0.0578. The van der Waals surface area contributed by atoms with Crippen LogP contribution >= 0.6 is 11.6 Å². The molecule has 1 amide bonds. The number of hydrogen-bond donors (Lipinski definition) is 3. The first-order valence-electron chi connectivity index (χ1n) is 5.74. The summed E-state index contributed by atoms with van der Waals surface area (Å²) in [7, 11) is 0. The molecule has 1 aromatic rings. The lowest BCUT2D eigenvalue weighted by molar-refractivity contribution is -0.128. The van der Waals surface area contributed by atoms with E-state index in [9.17, 15) is 9.59 Å². The van der Waals surface area contributed by atoms with Crippen LogP contribution in [-0.4, -0.2) is 42.8 Å². The van der Waals surface area contributed by atoms with Crippen LogP contribution in [0.2, 0.25) is 5.02 Å². The van der Waals surface area contributed by atoms with Crippen LogP contribution in [0.15, 0.2) is 18.2 Å². The van der Waals surface area contributed by atoms with Crippen molar-refractivity contribution in [2.75, 3.05) is 25.0 Å². The van der Waals surface area contributed by atoms with E-state index >= 15 is 0 Å². The van der Waals surface area contributed by atoms with Gasteiger partial charge in [0.15, 0.2) is 0 Å². The van der Waals surface area contributed by atoms with Crippen LogP contribution in [0.25, 0.3) is 0 Å². The van der Waals surface area contributed by atoms with Gasteiger partial charge in [0.2, 0.25) is 0 Å². The Morgan fingerprint density at radius 1 is 1.47 bits per heavy atom. The maximum absolute atomic E-state index is 11.9. The van der Waals surface area contributed by atoms with E-state index in [2.05, 4.69) is 10.6 Å². The SMILES string of the molecule is O=C(O)c1ccc(Cl)c(NC(=O)C2CNCCO2)c1. The first kappa shape index (κ1) is 13.8. The highest BCUT2D eigenvalue weighted by Gasteiger charge is 2.22. The number of hydrogen-bond acceptors (Lipinski definition) is 4. The first-order chi connectivity index (χ1) is 9.08. The standard InChI is InChI=1S/C12H13ClN2O4/c13-8-2-1-7(12(17)18)5-9(8)15-11(16)10-6-14-3-4-19-10/h1-2,5,10,14H,3-4,6H2,(H,15,16)(H,17,18). The van der Waals surface area contributed by atoms with Crippen LogP contribution in [0, 0.1) is 0 Å². The number of nitrogens with one attached hydrogen (secondary N) is 2. The number of halogens is 1. The Morgan fingerprint density at radius 3 is 2.89 bits per heavy atom. The largest absolute Gasteiger partial charge is 0.478 e. The second kappa shape index (κ2) is 6.01. The number of aromatic carboxylic acids is 1. The number of benzene rings is 1. The summed E-state index contributed by atoms with van der Waals surface area (Å²) in [5.41, 5.74) is 0.322. The topological polar surface area (TPSA) is 87.7 Å². The number of rotatable bonds is 3. The minimum atomic E-state index is -1.08. The van der Waals surface area contributed by atoms with Crippen LogP contribution in [0.5, 0.6) is 0 Å². The molecule has 3 N–H and O–H groups in total. The molecule has 1 saturated heterocycles. The van der Waals surface area contributed by atoms with Crippen LogP contribution in [0.4, 0.5) is 5.69 Å². The normalized spacial score (nSPS) is 18.9. The molecule has 7 heteroatoms. The van der Waals surface area contributed by atoms with Crippen molar-refractivity contribution in [2.45, 2.75) is 6.10 Å². The van der Waals surface area contributed by atoms with Crippen LogP contribution in [0.1, 0.15) is 10.4 Å². The molecule has 0 aromatic heterocycles. The number of carbonyl (C=O) groups is 2. The van der Waals surface area contributed by atoms with Gasteiger partial charge in [-0.05, 0) is 18.2 Å². The van der Waals surface area contributed by atoms with E-state index in [0.717, 1.165) is 0 Å². The van der Waals surface area contributed by atoms with Gasteiger partial charge >= 0.3 is 5.97 Å². The average molecular weight is 285 g/mol. The Labute approximate surface area is 114 Å². The second-order valence-corrected chi connectivity index (χ2v) is 4.46. The molecule has 19 heavy (non-hydrogen) atoms.